The number of ether oxygens (including phenoxy) is 1. The number of para-hydroxylation sites is 1. The second-order valence-corrected chi connectivity index (χ2v) is 12.6. The summed E-state index contributed by atoms with van der Waals surface area (Å²) >= 11 is 14.6. The van der Waals surface area contributed by atoms with Crippen LogP contribution in [-0.4, -0.2) is 63.0 Å². The summed E-state index contributed by atoms with van der Waals surface area (Å²) in [5.41, 5.74) is -0.577. The number of halogens is 1. The van der Waals surface area contributed by atoms with Crippen molar-refractivity contribution in [2.24, 2.45) is 0 Å². The van der Waals surface area contributed by atoms with Crippen LogP contribution in [0.15, 0.2) is 29.6 Å². The number of aromatic nitrogens is 1. The molecule has 36 heavy (non-hydrogen) atoms. The first-order valence-electron chi connectivity index (χ1n) is 12.1. The molecule has 0 spiro atoms. The van der Waals surface area contributed by atoms with Crippen LogP contribution in [0.2, 0.25) is 5.02 Å². The van der Waals surface area contributed by atoms with Gasteiger partial charge in [-0.3, -0.25) is 9.59 Å². The van der Waals surface area contributed by atoms with E-state index in [4.69, 9.17) is 28.6 Å². The van der Waals surface area contributed by atoms with Gasteiger partial charge in [-0.15, -0.1) is 11.3 Å². The molecular weight excluding hydrogens is 536 g/mol. The van der Waals surface area contributed by atoms with E-state index in [-0.39, 0.29) is 17.7 Å². The molecule has 2 aliphatic rings. The first-order chi connectivity index (χ1) is 17.2. The van der Waals surface area contributed by atoms with Gasteiger partial charge in [-0.2, -0.15) is 0 Å². The molecule has 2 heterocycles. The third-order valence-electron chi connectivity index (χ3n) is 6.12. The monoisotopic (exact) mass is 566 g/mol. The van der Waals surface area contributed by atoms with Crippen LogP contribution in [0.1, 0.15) is 60.9 Å². The summed E-state index contributed by atoms with van der Waals surface area (Å²) in [7, 11) is 0. The van der Waals surface area contributed by atoms with Crippen LogP contribution < -0.4 is 15.4 Å². The van der Waals surface area contributed by atoms with Gasteiger partial charge in [0.05, 0.1) is 10.0 Å². The Morgan fingerprint density at radius 1 is 1.25 bits per heavy atom. The van der Waals surface area contributed by atoms with E-state index in [0.29, 0.717) is 42.1 Å². The van der Waals surface area contributed by atoms with Crippen molar-refractivity contribution in [2.75, 3.05) is 25.4 Å². The third-order valence-corrected chi connectivity index (χ3v) is 8.70. The zero-order valence-electron chi connectivity index (χ0n) is 20.4. The zero-order chi connectivity index (χ0) is 25.7. The van der Waals surface area contributed by atoms with Crippen LogP contribution in [0.5, 0.6) is 5.75 Å². The van der Waals surface area contributed by atoms with E-state index in [0.717, 1.165) is 27.9 Å². The molecule has 1 aromatic heterocycles. The molecule has 2 N–H and O–H groups in total. The molecule has 0 unspecified atom stereocenters. The molecule has 2 aromatic rings. The van der Waals surface area contributed by atoms with Gasteiger partial charge >= 0.3 is 0 Å². The number of nitrogens with zero attached hydrogens (tertiary/aromatic N) is 2. The van der Waals surface area contributed by atoms with Gasteiger partial charge in [0, 0.05) is 42.7 Å². The van der Waals surface area contributed by atoms with E-state index in [1.807, 2.05) is 22.4 Å². The van der Waals surface area contributed by atoms with Crippen LogP contribution >= 0.6 is 46.9 Å². The minimum Gasteiger partial charge on any atom is -0.476 e. The smallest absolute Gasteiger partial charge is 0.270 e. The summed E-state index contributed by atoms with van der Waals surface area (Å²) in [4.78, 5) is 32.1. The largest absolute Gasteiger partial charge is 0.476 e. The van der Waals surface area contributed by atoms with Gasteiger partial charge in [-0.1, -0.05) is 47.7 Å². The lowest BCUT2D eigenvalue weighted by Crippen LogP contribution is -2.51. The van der Waals surface area contributed by atoms with Crippen molar-refractivity contribution in [3.05, 3.63) is 45.4 Å². The van der Waals surface area contributed by atoms with Crippen molar-refractivity contribution in [3.8, 4) is 5.75 Å². The lowest BCUT2D eigenvalue weighted by atomic mass is 9.96. The number of benzene rings is 1. The van der Waals surface area contributed by atoms with Gasteiger partial charge in [-0.05, 0) is 51.7 Å². The molecule has 1 saturated carbocycles. The fourth-order valence-electron chi connectivity index (χ4n) is 3.97. The quantitative estimate of drug-likeness (QED) is 0.331. The number of thiazole rings is 1. The second-order valence-electron chi connectivity index (χ2n) is 9.49. The minimum atomic E-state index is -1.03. The van der Waals surface area contributed by atoms with Gasteiger partial charge in [0.15, 0.2) is 5.60 Å². The van der Waals surface area contributed by atoms with Crippen LogP contribution in [0.4, 0.5) is 0 Å². The molecule has 0 bridgehead atoms. The molecule has 194 valence electrons. The predicted molar refractivity (Wildman–Crippen MR) is 150 cm³/mol. The summed E-state index contributed by atoms with van der Waals surface area (Å²) in [6, 6.07) is 7.71. The number of piperidine rings is 1. The number of nitrogens with one attached hydrogen (secondary N) is 2. The molecule has 2 amide bonds. The van der Waals surface area contributed by atoms with Crippen LogP contribution in [-0.2, 0) is 4.79 Å². The molecule has 7 nitrogen and oxygen atoms in total. The van der Waals surface area contributed by atoms with E-state index in [1.54, 1.807) is 37.7 Å². The topological polar surface area (TPSA) is 83.6 Å². The Labute approximate surface area is 230 Å². The molecule has 1 saturated heterocycles. The molecule has 11 heteroatoms. The zero-order valence-corrected chi connectivity index (χ0v) is 23.6. The fraction of sp³-hybridized carbons (Fsp3) is 0.520. The highest BCUT2D eigenvalue weighted by molar-refractivity contribution is 8.22. The van der Waals surface area contributed by atoms with E-state index in [1.165, 1.54) is 24.2 Å². The first-order valence-corrected chi connectivity index (χ1v) is 14.8. The number of rotatable bonds is 9. The second kappa shape index (κ2) is 12.1. The summed E-state index contributed by atoms with van der Waals surface area (Å²) in [6.07, 6.45) is 3.97. The maximum atomic E-state index is 13.2. The Kier molecular flexibility index (Phi) is 9.14. The summed E-state index contributed by atoms with van der Waals surface area (Å²) in [5.74, 6) is 1.23. The number of thiocarbonyl (C=S) groups is 1. The van der Waals surface area contributed by atoms with E-state index in [2.05, 4.69) is 15.6 Å². The Hall–Kier alpha value is -1.88. The molecule has 1 aliphatic heterocycles. The number of likely N-dealkylation sites (tertiary alicyclic amines) is 1. The number of amides is 2. The average molecular weight is 567 g/mol. The molecular formula is C25H31ClN4O3S3. The van der Waals surface area contributed by atoms with Gasteiger partial charge in [-0.25, -0.2) is 4.98 Å². The van der Waals surface area contributed by atoms with Crippen molar-refractivity contribution in [3.63, 3.8) is 0 Å². The van der Waals surface area contributed by atoms with Crippen LogP contribution in [0.3, 0.4) is 0 Å². The third kappa shape index (κ3) is 7.34. The highest BCUT2D eigenvalue weighted by atomic mass is 35.5. The summed E-state index contributed by atoms with van der Waals surface area (Å²) < 4.78 is 6.77. The summed E-state index contributed by atoms with van der Waals surface area (Å²) in [6.45, 7) is 5.31. The first kappa shape index (κ1) is 27.2. The maximum absolute atomic E-state index is 13.2. The maximum Gasteiger partial charge on any atom is 0.270 e. The number of carbonyl (C=O) groups is 2. The molecule has 0 atom stereocenters. The Morgan fingerprint density at radius 2 is 1.97 bits per heavy atom. The van der Waals surface area contributed by atoms with Gasteiger partial charge < -0.3 is 20.3 Å². The molecule has 0 radical (unpaired) electrons. The average Bonchev–Trinajstić information content (AvgIpc) is 3.53. The van der Waals surface area contributed by atoms with E-state index in [9.17, 15) is 9.59 Å². The Balaban J connectivity index is 1.22. The van der Waals surface area contributed by atoms with Crippen molar-refractivity contribution in [1.82, 2.24) is 20.5 Å². The van der Waals surface area contributed by atoms with Crippen LogP contribution in [0, 0.1) is 0 Å². The van der Waals surface area contributed by atoms with Gasteiger partial charge in [0.25, 0.3) is 11.8 Å². The van der Waals surface area contributed by atoms with Crippen LogP contribution in [0.25, 0.3) is 0 Å². The van der Waals surface area contributed by atoms with Crippen molar-refractivity contribution in [2.45, 2.75) is 57.1 Å². The molecule has 1 aliphatic carbocycles. The number of carbonyl (C=O) groups excluding carboxylic acids is 2. The highest BCUT2D eigenvalue weighted by Gasteiger charge is 2.37. The number of hydrogen-bond donors (Lipinski definition) is 2. The Bertz CT molecular complexity index is 1100. The van der Waals surface area contributed by atoms with Crippen molar-refractivity contribution in [1.29, 1.82) is 0 Å². The fourth-order valence-corrected chi connectivity index (χ4v) is 6.17. The molecule has 2 fully saturated rings. The standard InChI is InChI=1S/C25H31ClN4O3S3/c1-25(2,33-20-6-4-3-5-18(20)26)23(32)30-12-9-16(10-13-30)22-29-19(15-36-22)21(31)27-11-14-35-24(34)28-17-7-8-17/h3-6,15-17H,7-14H2,1-2H3,(H,27,31)(H,28,34). The van der Waals surface area contributed by atoms with Crippen molar-refractivity contribution < 1.29 is 14.3 Å². The lowest BCUT2D eigenvalue weighted by Gasteiger charge is -2.36. The SMILES string of the molecule is CC(C)(Oc1ccccc1Cl)C(=O)N1CCC(c2nc(C(=O)NCCSC(=S)NC3CC3)cs2)CC1. The lowest BCUT2D eigenvalue weighted by molar-refractivity contribution is -0.146. The number of hydrogen-bond acceptors (Lipinski definition) is 7. The summed E-state index contributed by atoms with van der Waals surface area (Å²) in [5, 5.41) is 9.44. The minimum absolute atomic E-state index is 0.0650. The Morgan fingerprint density at radius 3 is 2.67 bits per heavy atom. The van der Waals surface area contributed by atoms with Gasteiger partial charge in [0.2, 0.25) is 0 Å². The highest BCUT2D eigenvalue weighted by Crippen LogP contribution is 2.33. The van der Waals surface area contributed by atoms with Gasteiger partial charge in [0.1, 0.15) is 15.8 Å². The molecule has 4 rings (SSSR count). The predicted octanol–water partition coefficient (Wildman–Crippen LogP) is 4.86. The number of thioether (sulfide) groups is 1. The molecule has 1 aromatic carbocycles. The van der Waals surface area contributed by atoms with E-state index >= 15 is 0 Å². The van der Waals surface area contributed by atoms with E-state index < -0.39 is 5.60 Å². The normalized spacial score (nSPS) is 16.5. The van der Waals surface area contributed by atoms with Crippen molar-refractivity contribution >= 4 is 63.1 Å².